The summed E-state index contributed by atoms with van der Waals surface area (Å²) in [5.74, 6) is 0.611. The van der Waals surface area contributed by atoms with E-state index in [4.69, 9.17) is 0 Å². The van der Waals surface area contributed by atoms with Gasteiger partial charge >= 0.3 is 0 Å². The van der Waals surface area contributed by atoms with Gasteiger partial charge in [-0.15, -0.1) is 0 Å². The van der Waals surface area contributed by atoms with Gasteiger partial charge in [0.2, 0.25) is 0 Å². The van der Waals surface area contributed by atoms with Crippen LogP contribution in [0, 0.1) is 5.92 Å². The molecule has 1 aliphatic heterocycles. The molecule has 0 aliphatic carbocycles. The SMILES string of the molecule is CN1CCC[C@@H](CNCc2cccc3[nH]ccc23)[C@@H]1c1cncn1C. The fourth-order valence-corrected chi connectivity index (χ4v) is 4.29. The van der Waals surface area contributed by atoms with E-state index in [0.29, 0.717) is 12.0 Å². The molecule has 1 aliphatic rings. The summed E-state index contributed by atoms with van der Waals surface area (Å²) in [7, 11) is 4.34. The average Bonchev–Trinajstić information content (AvgIpc) is 3.24. The highest BCUT2D eigenvalue weighted by Crippen LogP contribution is 2.34. The maximum Gasteiger partial charge on any atom is 0.0946 e. The first-order valence-electron chi connectivity index (χ1n) is 9.16. The number of hydrogen-bond acceptors (Lipinski definition) is 3. The molecule has 1 saturated heterocycles. The molecule has 2 atom stereocenters. The minimum Gasteiger partial charge on any atom is -0.361 e. The predicted molar refractivity (Wildman–Crippen MR) is 101 cm³/mol. The smallest absolute Gasteiger partial charge is 0.0946 e. The lowest BCUT2D eigenvalue weighted by atomic mass is 9.87. The van der Waals surface area contributed by atoms with Crippen LogP contribution in [0.2, 0.25) is 0 Å². The van der Waals surface area contributed by atoms with Crippen LogP contribution in [0.3, 0.4) is 0 Å². The number of fused-ring (bicyclic) bond motifs is 1. The van der Waals surface area contributed by atoms with Gasteiger partial charge in [0, 0.05) is 43.4 Å². The maximum absolute atomic E-state index is 4.33. The second-order valence-electron chi connectivity index (χ2n) is 7.24. The molecule has 2 N–H and O–H groups in total. The van der Waals surface area contributed by atoms with Crippen LogP contribution < -0.4 is 5.32 Å². The summed E-state index contributed by atoms with van der Waals surface area (Å²) < 4.78 is 2.17. The zero-order valence-corrected chi connectivity index (χ0v) is 15.1. The van der Waals surface area contributed by atoms with Gasteiger partial charge in [0.15, 0.2) is 0 Å². The monoisotopic (exact) mass is 337 g/mol. The number of nitrogens with one attached hydrogen (secondary N) is 2. The lowest BCUT2D eigenvalue weighted by Gasteiger charge is -2.39. The molecule has 2 aromatic heterocycles. The van der Waals surface area contributed by atoms with Gasteiger partial charge in [-0.1, -0.05) is 12.1 Å². The molecule has 5 heteroatoms. The number of aryl methyl sites for hydroxylation is 1. The Kier molecular flexibility index (Phi) is 4.59. The third kappa shape index (κ3) is 3.22. The van der Waals surface area contributed by atoms with E-state index >= 15 is 0 Å². The minimum atomic E-state index is 0.441. The maximum atomic E-state index is 4.33. The Morgan fingerprint density at radius 3 is 3.04 bits per heavy atom. The number of nitrogens with zero attached hydrogens (tertiary/aromatic N) is 3. The molecule has 1 fully saturated rings. The van der Waals surface area contributed by atoms with E-state index < -0.39 is 0 Å². The van der Waals surface area contributed by atoms with Crippen molar-refractivity contribution in [3.63, 3.8) is 0 Å². The van der Waals surface area contributed by atoms with Gasteiger partial charge in [-0.2, -0.15) is 0 Å². The molecule has 0 spiro atoms. The molecule has 3 aromatic rings. The number of benzene rings is 1. The summed E-state index contributed by atoms with van der Waals surface area (Å²) >= 11 is 0. The van der Waals surface area contributed by atoms with Gasteiger partial charge in [0.05, 0.1) is 18.1 Å². The van der Waals surface area contributed by atoms with E-state index in [1.54, 1.807) is 0 Å². The fraction of sp³-hybridized carbons (Fsp3) is 0.450. The van der Waals surface area contributed by atoms with Gasteiger partial charge in [0.25, 0.3) is 0 Å². The summed E-state index contributed by atoms with van der Waals surface area (Å²) in [5.41, 5.74) is 3.89. The molecule has 3 heterocycles. The molecule has 0 amide bonds. The van der Waals surface area contributed by atoms with Crippen LogP contribution >= 0.6 is 0 Å². The number of aromatic amines is 1. The highest BCUT2D eigenvalue weighted by molar-refractivity contribution is 5.82. The predicted octanol–water partition coefficient (Wildman–Crippen LogP) is 3.07. The van der Waals surface area contributed by atoms with Crippen LogP contribution in [0.1, 0.15) is 30.1 Å². The lowest BCUT2D eigenvalue weighted by molar-refractivity contribution is 0.113. The van der Waals surface area contributed by atoms with E-state index in [1.165, 1.54) is 35.0 Å². The number of piperidine rings is 1. The first kappa shape index (κ1) is 16.4. The van der Waals surface area contributed by atoms with Gasteiger partial charge in [-0.05, 0) is 50.0 Å². The largest absolute Gasteiger partial charge is 0.361 e. The van der Waals surface area contributed by atoms with Crippen molar-refractivity contribution in [3.8, 4) is 0 Å². The van der Waals surface area contributed by atoms with Crippen molar-refractivity contribution in [2.75, 3.05) is 20.1 Å². The van der Waals surface area contributed by atoms with E-state index in [0.717, 1.165) is 19.6 Å². The Hall–Kier alpha value is -2.11. The molecule has 0 saturated carbocycles. The van der Waals surface area contributed by atoms with Gasteiger partial charge in [-0.3, -0.25) is 4.90 Å². The van der Waals surface area contributed by atoms with Gasteiger partial charge < -0.3 is 14.9 Å². The molecular weight excluding hydrogens is 310 g/mol. The van der Waals surface area contributed by atoms with Crippen LogP contribution in [-0.4, -0.2) is 39.6 Å². The molecule has 0 unspecified atom stereocenters. The topological polar surface area (TPSA) is 48.9 Å². The number of H-pyrrole nitrogens is 1. The Morgan fingerprint density at radius 2 is 2.20 bits per heavy atom. The number of likely N-dealkylation sites (tertiary alicyclic amines) is 1. The number of hydrogen-bond donors (Lipinski definition) is 2. The number of imidazole rings is 1. The van der Waals surface area contributed by atoms with Crippen LogP contribution in [0.25, 0.3) is 10.9 Å². The Bertz CT molecular complexity index is 833. The molecular formula is C20H27N5. The molecule has 132 valence electrons. The Labute approximate surface area is 149 Å². The summed E-state index contributed by atoms with van der Waals surface area (Å²) in [6.07, 6.45) is 8.49. The zero-order chi connectivity index (χ0) is 17.2. The molecule has 5 nitrogen and oxygen atoms in total. The van der Waals surface area contributed by atoms with Crippen molar-refractivity contribution in [2.24, 2.45) is 13.0 Å². The van der Waals surface area contributed by atoms with Crippen LogP contribution in [-0.2, 0) is 13.6 Å². The van der Waals surface area contributed by atoms with Crippen LogP contribution in [0.4, 0.5) is 0 Å². The minimum absolute atomic E-state index is 0.441. The lowest BCUT2D eigenvalue weighted by Crippen LogP contribution is -2.41. The quantitative estimate of drug-likeness (QED) is 0.752. The van der Waals surface area contributed by atoms with Gasteiger partial charge in [-0.25, -0.2) is 4.98 Å². The number of rotatable bonds is 5. The van der Waals surface area contributed by atoms with E-state index in [1.807, 2.05) is 18.7 Å². The van der Waals surface area contributed by atoms with E-state index in [-0.39, 0.29) is 0 Å². The first-order chi connectivity index (χ1) is 12.2. The summed E-state index contributed by atoms with van der Waals surface area (Å²) in [6, 6.07) is 9.08. The van der Waals surface area contributed by atoms with Crippen LogP contribution in [0.5, 0.6) is 0 Å². The molecule has 0 radical (unpaired) electrons. The Morgan fingerprint density at radius 1 is 1.28 bits per heavy atom. The first-order valence-corrected chi connectivity index (χ1v) is 9.16. The van der Waals surface area contributed by atoms with Crippen molar-refractivity contribution >= 4 is 10.9 Å². The highest BCUT2D eigenvalue weighted by Gasteiger charge is 2.31. The van der Waals surface area contributed by atoms with E-state index in [9.17, 15) is 0 Å². The fourth-order valence-electron chi connectivity index (χ4n) is 4.29. The molecule has 0 bridgehead atoms. The van der Waals surface area contributed by atoms with Gasteiger partial charge in [0.1, 0.15) is 0 Å². The average molecular weight is 337 g/mol. The summed E-state index contributed by atoms with van der Waals surface area (Å²) in [5, 5.41) is 5.03. The summed E-state index contributed by atoms with van der Waals surface area (Å²) in [4.78, 5) is 10.1. The number of aromatic nitrogens is 3. The van der Waals surface area contributed by atoms with Crippen molar-refractivity contribution in [1.82, 2.24) is 24.8 Å². The normalized spacial score (nSPS) is 21.8. The summed E-state index contributed by atoms with van der Waals surface area (Å²) in [6.45, 7) is 3.10. The van der Waals surface area contributed by atoms with Crippen LogP contribution in [0.15, 0.2) is 43.0 Å². The standard InChI is InChI=1S/C20H27N5/c1-24-10-4-6-16(20(24)19-13-22-14-25(19)2)12-21-11-15-5-3-7-18-17(15)8-9-23-18/h3,5,7-9,13-14,16,20-21,23H,4,6,10-12H2,1-2H3/t16-,20+/m0/s1. The van der Waals surface area contributed by atoms with Crippen molar-refractivity contribution < 1.29 is 0 Å². The van der Waals surface area contributed by atoms with Crippen molar-refractivity contribution in [3.05, 3.63) is 54.2 Å². The third-order valence-corrected chi connectivity index (χ3v) is 5.57. The molecule has 25 heavy (non-hydrogen) atoms. The Balaban J connectivity index is 1.45. The highest BCUT2D eigenvalue weighted by atomic mass is 15.2. The molecule has 4 rings (SSSR count). The second kappa shape index (κ2) is 7.02. The zero-order valence-electron chi connectivity index (χ0n) is 15.1. The van der Waals surface area contributed by atoms with Crippen molar-refractivity contribution in [1.29, 1.82) is 0 Å². The van der Waals surface area contributed by atoms with Crippen molar-refractivity contribution in [2.45, 2.75) is 25.4 Å². The van der Waals surface area contributed by atoms with E-state index in [2.05, 4.69) is 63.1 Å². The third-order valence-electron chi connectivity index (χ3n) is 5.57. The molecule has 1 aromatic carbocycles. The second-order valence-corrected chi connectivity index (χ2v) is 7.24.